The summed E-state index contributed by atoms with van der Waals surface area (Å²) in [4.78, 5) is 24.5. The highest BCUT2D eigenvalue weighted by molar-refractivity contribution is 6.30. The predicted octanol–water partition coefficient (Wildman–Crippen LogP) is 2.67. The van der Waals surface area contributed by atoms with E-state index >= 15 is 0 Å². The van der Waals surface area contributed by atoms with Gasteiger partial charge in [0.1, 0.15) is 5.41 Å². The number of halogens is 1. The van der Waals surface area contributed by atoms with E-state index in [9.17, 15) is 20.0 Å². The maximum Gasteiger partial charge on any atom is 0.307 e. The van der Waals surface area contributed by atoms with Gasteiger partial charge in [-0.15, -0.1) is 0 Å². The number of nitriles is 1. The van der Waals surface area contributed by atoms with Crippen LogP contribution >= 0.6 is 11.6 Å². The van der Waals surface area contributed by atoms with Crippen LogP contribution in [0, 0.1) is 39.9 Å². The Balaban J connectivity index is 2.05. The first-order valence-corrected chi connectivity index (χ1v) is 8.88. The molecule has 0 bridgehead atoms. The molecule has 0 saturated heterocycles. The number of Topliss-reactive ketones (excluding diaryl/α,β-unsaturated/α-hetero) is 1. The first-order valence-electron chi connectivity index (χ1n) is 8.50. The van der Waals surface area contributed by atoms with E-state index in [-0.39, 0.29) is 24.2 Å². The lowest BCUT2D eigenvalue weighted by molar-refractivity contribution is -0.142. The van der Waals surface area contributed by atoms with Gasteiger partial charge in [0.05, 0.1) is 18.5 Å². The maximum atomic E-state index is 12.8. The van der Waals surface area contributed by atoms with Crippen molar-refractivity contribution in [3.8, 4) is 6.07 Å². The SMILES string of the molecule is CCC12C(CC(Cc3cccc(Cl)c3)C1(C#N)C(=O)CN)C2C(=O)O. The van der Waals surface area contributed by atoms with Crippen molar-refractivity contribution in [1.29, 1.82) is 5.26 Å². The van der Waals surface area contributed by atoms with Gasteiger partial charge >= 0.3 is 5.97 Å². The molecule has 1 aromatic rings. The summed E-state index contributed by atoms with van der Waals surface area (Å²) in [6.07, 6.45) is 1.56. The second kappa shape index (κ2) is 6.12. The number of carbonyl (C=O) groups is 2. The highest BCUT2D eigenvalue weighted by Gasteiger charge is 2.83. The predicted molar refractivity (Wildman–Crippen MR) is 92.7 cm³/mol. The van der Waals surface area contributed by atoms with Crippen molar-refractivity contribution < 1.29 is 14.7 Å². The molecule has 2 fully saturated rings. The number of benzene rings is 1. The van der Waals surface area contributed by atoms with E-state index in [0.717, 1.165) is 5.56 Å². The number of nitrogens with two attached hydrogens (primary N) is 1. The number of carboxylic acid groups (broad SMARTS) is 1. The minimum atomic E-state index is -1.34. The van der Waals surface area contributed by atoms with E-state index in [1.54, 1.807) is 6.07 Å². The molecule has 3 rings (SSSR count). The minimum Gasteiger partial charge on any atom is -0.481 e. The highest BCUT2D eigenvalue weighted by Crippen LogP contribution is 2.79. The number of nitrogens with zero attached hydrogens (tertiary/aromatic N) is 1. The van der Waals surface area contributed by atoms with E-state index in [1.165, 1.54) is 0 Å². The summed E-state index contributed by atoms with van der Waals surface area (Å²) in [5.74, 6) is -2.28. The van der Waals surface area contributed by atoms with Crippen molar-refractivity contribution in [3.63, 3.8) is 0 Å². The largest absolute Gasteiger partial charge is 0.481 e. The van der Waals surface area contributed by atoms with Crippen LogP contribution < -0.4 is 5.73 Å². The van der Waals surface area contributed by atoms with Crippen molar-refractivity contribution in [2.24, 2.45) is 34.3 Å². The van der Waals surface area contributed by atoms with Crippen LogP contribution in [0.3, 0.4) is 0 Å². The molecule has 2 saturated carbocycles. The molecule has 0 heterocycles. The van der Waals surface area contributed by atoms with E-state index in [2.05, 4.69) is 6.07 Å². The van der Waals surface area contributed by atoms with Crippen LogP contribution in [-0.4, -0.2) is 23.4 Å². The monoisotopic (exact) mass is 360 g/mol. The van der Waals surface area contributed by atoms with Gasteiger partial charge in [-0.05, 0) is 48.8 Å². The molecule has 0 aliphatic heterocycles. The summed E-state index contributed by atoms with van der Waals surface area (Å²) >= 11 is 6.05. The van der Waals surface area contributed by atoms with Gasteiger partial charge in [0.15, 0.2) is 5.78 Å². The van der Waals surface area contributed by atoms with Crippen LogP contribution in [0.1, 0.15) is 25.3 Å². The summed E-state index contributed by atoms with van der Waals surface area (Å²) in [6.45, 7) is 1.62. The van der Waals surface area contributed by atoms with Crippen LogP contribution in [0.2, 0.25) is 5.02 Å². The molecule has 0 aromatic heterocycles. The van der Waals surface area contributed by atoms with Gasteiger partial charge in [0, 0.05) is 10.4 Å². The van der Waals surface area contributed by atoms with Gasteiger partial charge < -0.3 is 10.8 Å². The number of aliphatic carboxylic acids is 1. The van der Waals surface area contributed by atoms with Gasteiger partial charge in [0.2, 0.25) is 0 Å². The van der Waals surface area contributed by atoms with E-state index in [1.807, 2.05) is 25.1 Å². The number of rotatable bonds is 6. The van der Waals surface area contributed by atoms with Crippen LogP contribution in [0.4, 0.5) is 0 Å². The number of ketones is 1. The fourth-order valence-corrected chi connectivity index (χ4v) is 5.72. The Kier molecular flexibility index (Phi) is 4.38. The van der Waals surface area contributed by atoms with Gasteiger partial charge in [0.25, 0.3) is 0 Å². The molecule has 25 heavy (non-hydrogen) atoms. The fraction of sp³-hybridized carbons (Fsp3) is 0.526. The van der Waals surface area contributed by atoms with Gasteiger partial charge in [-0.3, -0.25) is 9.59 Å². The lowest BCUT2D eigenvalue weighted by atomic mass is 9.62. The zero-order chi connectivity index (χ0) is 18.4. The molecule has 3 N–H and O–H groups in total. The zero-order valence-corrected chi connectivity index (χ0v) is 14.8. The van der Waals surface area contributed by atoms with Gasteiger partial charge in [-0.25, -0.2) is 0 Å². The van der Waals surface area contributed by atoms with Crippen molar-refractivity contribution in [1.82, 2.24) is 0 Å². The molecule has 0 amide bonds. The summed E-state index contributed by atoms with van der Waals surface area (Å²) in [7, 11) is 0. The van der Waals surface area contributed by atoms with E-state index < -0.39 is 22.7 Å². The Labute approximate surface area is 151 Å². The molecule has 5 nitrogen and oxygen atoms in total. The zero-order valence-electron chi connectivity index (χ0n) is 14.0. The number of carbonyl (C=O) groups excluding carboxylic acids is 1. The van der Waals surface area contributed by atoms with Crippen molar-refractivity contribution >= 4 is 23.4 Å². The van der Waals surface area contributed by atoms with Gasteiger partial charge in [-0.1, -0.05) is 30.7 Å². The molecule has 0 radical (unpaired) electrons. The summed E-state index contributed by atoms with van der Waals surface area (Å²) in [6, 6.07) is 9.60. The number of carboxylic acids is 1. The molecule has 2 aliphatic carbocycles. The Morgan fingerprint density at radius 3 is 2.72 bits per heavy atom. The molecule has 0 spiro atoms. The van der Waals surface area contributed by atoms with Crippen LogP contribution in [0.15, 0.2) is 24.3 Å². The third-order valence-corrected chi connectivity index (χ3v) is 6.65. The van der Waals surface area contributed by atoms with Crippen LogP contribution in [0.25, 0.3) is 0 Å². The third-order valence-electron chi connectivity index (χ3n) is 6.42. The molecule has 2 aliphatic rings. The molecular weight excluding hydrogens is 340 g/mol. The molecule has 5 atom stereocenters. The quantitative estimate of drug-likeness (QED) is 0.811. The Bertz CT molecular complexity index is 774. The molecule has 6 heteroatoms. The molecular formula is C19H21ClN2O3. The third kappa shape index (κ3) is 2.24. The second-order valence-corrected chi connectivity index (χ2v) is 7.57. The number of hydrogen-bond donors (Lipinski definition) is 2. The first-order chi connectivity index (χ1) is 11.9. The summed E-state index contributed by atoms with van der Waals surface area (Å²) in [5, 5.41) is 20.2. The summed E-state index contributed by atoms with van der Waals surface area (Å²) in [5.41, 5.74) is 4.45. The van der Waals surface area contributed by atoms with Crippen LogP contribution in [0.5, 0.6) is 0 Å². The van der Waals surface area contributed by atoms with Crippen molar-refractivity contribution in [3.05, 3.63) is 34.9 Å². The minimum absolute atomic E-state index is 0.144. The van der Waals surface area contributed by atoms with Crippen molar-refractivity contribution in [2.75, 3.05) is 6.54 Å². The Morgan fingerprint density at radius 2 is 2.20 bits per heavy atom. The van der Waals surface area contributed by atoms with Gasteiger partial charge in [-0.2, -0.15) is 5.26 Å². The standard InChI is InChI=1S/C19H21ClN2O3/c1-2-18-14(16(18)17(24)25)8-12(19(18,10-22)15(23)9-21)6-11-4-3-5-13(20)7-11/h3-5,7,12,14,16H,2,6,8-9,21H2,1H3,(H,24,25). The Hall–Kier alpha value is -1.90. The second-order valence-electron chi connectivity index (χ2n) is 7.13. The smallest absolute Gasteiger partial charge is 0.307 e. The molecule has 5 unspecified atom stereocenters. The normalized spacial score (nSPS) is 35.7. The lowest BCUT2D eigenvalue weighted by Gasteiger charge is -2.37. The first kappa shape index (κ1) is 17.9. The van der Waals surface area contributed by atoms with Crippen molar-refractivity contribution in [2.45, 2.75) is 26.2 Å². The Morgan fingerprint density at radius 1 is 1.48 bits per heavy atom. The molecule has 132 valence electrons. The van der Waals surface area contributed by atoms with E-state index in [0.29, 0.717) is 24.3 Å². The average Bonchev–Trinajstić information content (AvgIpc) is 3.16. The number of hydrogen-bond acceptors (Lipinski definition) is 4. The average molecular weight is 361 g/mol. The summed E-state index contributed by atoms with van der Waals surface area (Å²) < 4.78 is 0. The lowest BCUT2D eigenvalue weighted by Crippen LogP contribution is -2.48. The van der Waals surface area contributed by atoms with Crippen LogP contribution in [-0.2, 0) is 16.0 Å². The molecule has 1 aromatic carbocycles. The fourth-order valence-electron chi connectivity index (χ4n) is 5.51. The number of fused-ring (bicyclic) bond motifs is 1. The van der Waals surface area contributed by atoms with E-state index in [4.69, 9.17) is 17.3 Å². The highest BCUT2D eigenvalue weighted by atomic mass is 35.5. The topological polar surface area (TPSA) is 104 Å². The maximum absolute atomic E-state index is 12.8.